The van der Waals surface area contributed by atoms with Gasteiger partial charge in [-0.3, -0.25) is 0 Å². The van der Waals surface area contributed by atoms with Gasteiger partial charge in [-0.1, -0.05) is 74.5 Å². The topological polar surface area (TPSA) is 54.2 Å². The number of nitrogens with one attached hydrogen (secondary N) is 1. The molecule has 0 aliphatic heterocycles. The number of pyridine rings is 1. The Morgan fingerprint density at radius 1 is 0.900 bits per heavy atom. The Kier molecular flexibility index (Phi) is 7.72. The van der Waals surface area contributed by atoms with Crippen molar-refractivity contribution < 1.29 is 0 Å². The van der Waals surface area contributed by atoms with Crippen LogP contribution in [0.25, 0.3) is 0 Å². The van der Waals surface area contributed by atoms with E-state index in [0.29, 0.717) is 5.92 Å². The van der Waals surface area contributed by atoms with Gasteiger partial charge in [0.05, 0.1) is 11.4 Å². The minimum atomic E-state index is 0.550. The van der Waals surface area contributed by atoms with E-state index in [1.165, 1.54) is 11.1 Å². The molecule has 3 rings (SSSR count). The van der Waals surface area contributed by atoms with E-state index in [4.69, 9.17) is 10.7 Å². The maximum atomic E-state index is 6.61. The number of aryl methyl sites for hydroxylation is 1. The Morgan fingerprint density at radius 3 is 1.93 bits per heavy atom. The van der Waals surface area contributed by atoms with Crippen molar-refractivity contribution in [3.05, 3.63) is 83.6 Å². The van der Waals surface area contributed by atoms with Crippen molar-refractivity contribution in [2.24, 2.45) is 5.92 Å². The lowest BCUT2D eigenvalue weighted by atomic mass is 10.1. The lowest BCUT2D eigenvalue weighted by Gasteiger charge is -2.27. The van der Waals surface area contributed by atoms with Crippen molar-refractivity contribution in [1.82, 2.24) is 4.98 Å². The molecule has 0 aliphatic rings. The molecular formula is C26H34N4. The van der Waals surface area contributed by atoms with Crippen LogP contribution in [0, 0.1) is 12.8 Å². The Balaban J connectivity index is 1.84. The zero-order valence-corrected chi connectivity index (χ0v) is 18.4. The van der Waals surface area contributed by atoms with Crippen LogP contribution in [0.2, 0.25) is 0 Å². The van der Waals surface area contributed by atoms with Crippen LogP contribution < -0.4 is 16.0 Å². The van der Waals surface area contributed by atoms with Gasteiger partial charge in [-0.05, 0) is 42.9 Å². The molecule has 4 nitrogen and oxygen atoms in total. The van der Waals surface area contributed by atoms with Gasteiger partial charge in [0.1, 0.15) is 0 Å². The van der Waals surface area contributed by atoms with Gasteiger partial charge in [-0.15, -0.1) is 0 Å². The van der Waals surface area contributed by atoms with Gasteiger partial charge in [0, 0.05) is 25.3 Å². The molecule has 2 aromatic carbocycles. The fourth-order valence-electron chi connectivity index (χ4n) is 3.51. The molecule has 0 bridgehead atoms. The first-order valence-electron chi connectivity index (χ1n) is 10.9. The number of hydrogen-bond donors (Lipinski definition) is 2. The van der Waals surface area contributed by atoms with E-state index in [0.717, 1.165) is 55.4 Å². The second kappa shape index (κ2) is 10.7. The first kappa shape index (κ1) is 21.7. The smallest absolute Gasteiger partial charge is 0.154 e. The second-order valence-electron chi connectivity index (χ2n) is 8.28. The monoisotopic (exact) mass is 402 g/mol. The van der Waals surface area contributed by atoms with E-state index >= 15 is 0 Å². The predicted octanol–water partition coefficient (Wildman–Crippen LogP) is 5.33. The van der Waals surface area contributed by atoms with Crippen LogP contribution in [0.5, 0.6) is 0 Å². The van der Waals surface area contributed by atoms with Crippen LogP contribution in [0.1, 0.15) is 30.7 Å². The third kappa shape index (κ3) is 6.24. The molecule has 0 aliphatic carbocycles. The lowest BCUT2D eigenvalue weighted by molar-refractivity contribution is 0.688. The number of aromatic nitrogens is 1. The molecule has 0 atom stereocenters. The highest BCUT2D eigenvalue weighted by molar-refractivity contribution is 5.78. The molecule has 30 heavy (non-hydrogen) atoms. The minimum absolute atomic E-state index is 0.550. The normalized spacial score (nSPS) is 10.9. The Bertz CT molecular complexity index is 864. The Hall–Kier alpha value is -3.01. The number of nitrogen functional groups attached to an aromatic ring is 1. The van der Waals surface area contributed by atoms with Crippen molar-refractivity contribution in [3.63, 3.8) is 0 Å². The maximum Gasteiger partial charge on any atom is 0.154 e. The Morgan fingerprint density at radius 2 is 1.43 bits per heavy atom. The van der Waals surface area contributed by atoms with Gasteiger partial charge in [-0.2, -0.15) is 0 Å². The molecule has 0 spiro atoms. The maximum absolute atomic E-state index is 6.61. The zero-order valence-electron chi connectivity index (χ0n) is 18.4. The summed E-state index contributed by atoms with van der Waals surface area (Å²) in [6.45, 7) is 9.08. The van der Waals surface area contributed by atoms with Crippen molar-refractivity contribution in [2.45, 2.75) is 33.6 Å². The summed E-state index contributed by atoms with van der Waals surface area (Å²) in [5.74, 6) is 1.43. The van der Waals surface area contributed by atoms with Gasteiger partial charge in [0.15, 0.2) is 5.82 Å². The fraction of sp³-hybridized carbons (Fsp3) is 0.346. The zero-order chi connectivity index (χ0) is 21.3. The summed E-state index contributed by atoms with van der Waals surface area (Å²) in [4.78, 5) is 7.18. The number of rotatable bonds is 10. The largest absolute Gasteiger partial charge is 0.394 e. The summed E-state index contributed by atoms with van der Waals surface area (Å²) in [7, 11) is 0. The van der Waals surface area contributed by atoms with Crippen LogP contribution in [-0.2, 0) is 12.8 Å². The van der Waals surface area contributed by atoms with E-state index in [-0.39, 0.29) is 0 Å². The minimum Gasteiger partial charge on any atom is -0.394 e. The Labute approximate surface area is 181 Å². The van der Waals surface area contributed by atoms with Gasteiger partial charge in [0.25, 0.3) is 0 Å². The average molecular weight is 403 g/mol. The fourth-order valence-corrected chi connectivity index (χ4v) is 3.51. The van der Waals surface area contributed by atoms with Crippen LogP contribution >= 0.6 is 0 Å². The molecule has 0 saturated heterocycles. The summed E-state index contributed by atoms with van der Waals surface area (Å²) in [5.41, 5.74) is 12.0. The lowest BCUT2D eigenvalue weighted by Crippen LogP contribution is -2.30. The SMILES string of the molecule is Cc1cc(NCC(C)C)c(N)c(N(CCc2ccccc2)CCc2ccccc2)n1. The van der Waals surface area contributed by atoms with E-state index in [9.17, 15) is 0 Å². The summed E-state index contributed by atoms with van der Waals surface area (Å²) < 4.78 is 0. The first-order chi connectivity index (χ1) is 14.5. The van der Waals surface area contributed by atoms with Gasteiger partial charge < -0.3 is 16.0 Å². The molecule has 0 fully saturated rings. The number of benzene rings is 2. The summed E-state index contributed by atoms with van der Waals surface area (Å²) >= 11 is 0. The van der Waals surface area contributed by atoms with E-state index in [1.54, 1.807) is 0 Å². The molecule has 0 amide bonds. The highest BCUT2D eigenvalue weighted by Gasteiger charge is 2.16. The number of nitrogens with zero attached hydrogens (tertiary/aromatic N) is 2. The van der Waals surface area contributed by atoms with Crippen molar-refractivity contribution in [3.8, 4) is 0 Å². The van der Waals surface area contributed by atoms with Crippen LogP contribution in [0.15, 0.2) is 66.7 Å². The van der Waals surface area contributed by atoms with Crippen molar-refractivity contribution in [2.75, 3.05) is 35.6 Å². The van der Waals surface area contributed by atoms with E-state index in [1.807, 2.05) is 13.0 Å². The molecule has 3 N–H and O–H groups in total. The molecule has 158 valence electrons. The standard InChI is InChI=1S/C26H34N4/c1-20(2)19-28-24-18-21(3)29-26(25(24)27)30(16-14-22-10-6-4-7-11-22)17-15-23-12-8-5-9-13-23/h4-13,18,20H,14-17,19,27H2,1-3H3,(H,28,29). The predicted molar refractivity (Wildman–Crippen MR) is 129 cm³/mol. The van der Waals surface area contributed by atoms with Crippen LogP contribution in [0.3, 0.4) is 0 Å². The van der Waals surface area contributed by atoms with Crippen molar-refractivity contribution in [1.29, 1.82) is 0 Å². The van der Waals surface area contributed by atoms with Crippen molar-refractivity contribution >= 4 is 17.2 Å². The quantitative estimate of drug-likeness (QED) is 0.481. The molecule has 4 heteroatoms. The molecule has 1 aromatic heterocycles. The van der Waals surface area contributed by atoms with Gasteiger partial charge >= 0.3 is 0 Å². The molecular weight excluding hydrogens is 368 g/mol. The highest BCUT2D eigenvalue weighted by atomic mass is 15.2. The summed E-state index contributed by atoms with van der Waals surface area (Å²) in [6, 6.07) is 23.3. The number of anilines is 3. The third-order valence-corrected chi connectivity index (χ3v) is 5.19. The van der Waals surface area contributed by atoms with Crippen LogP contribution in [0.4, 0.5) is 17.2 Å². The van der Waals surface area contributed by atoms with E-state index < -0.39 is 0 Å². The highest BCUT2D eigenvalue weighted by Crippen LogP contribution is 2.30. The second-order valence-corrected chi connectivity index (χ2v) is 8.28. The summed E-state index contributed by atoms with van der Waals surface area (Å²) in [5, 5.41) is 3.50. The third-order valence-electron chi connectivity index (χ3n) is 5.19. The molecule has 3 aromatic rings. The molecule has 1 heterocycles. The van der Waals surface area contributed by atoms with Gasteiger partial charge in [-0.25, -0.2) is 4.98 Å². The molecule has 0 radical (unpaired) electrons. The average Bonchev–Trinajstić information content (AvgIpc) is 2.76. The number of nitrogens with two attached hydrogens (primary N) is 1. The molecule has 0 unspecified atom stereocenters. The van der Waals surface area contributed by atoms with E-state index in [2.05, 4.69) is 84.7 Å². The van der Waals surface area contributed by atoms with Gasteiger partial charge in [0.2, 0.25) is 0 Å². The summed E-state index contributed by atoms with van der Waals surface area (Å²) in [6.07, 6.45) is 1.92. The van der Waals surface area contributed by atoms with Crippen LogP contribution in [-0.4, -0.2) is 24.6 Å². The first-order valence-corrected chi connectivity index (χ1v) is 10.9. The molecule has 0 saturated carbocycles. The number of hydrogen-bond acceptors (Lipinski definition) is 4.